The highest BCUT2D eigenvalue weighted by atomic mass is 19.2. The van der Waals surface area contributed by atoms with Gasteiger partial charge < -0.3 is 4.74 Å². The summed E-state index contributed by atoms with van der Waals surface area (Å²) in [7, 11) is 0. The molecule has 0 atom stereocenters. The van der Waals surface area contributed by atoms with Crippen LogP contribution in [-0.2, 0) is 6.54 Å². The molecule has 376 valence electrons. The topological polar surface area (TPSA) is 13.1 Å². The van der Waals surface area contributed by atoms with Gasteiger partial charge in [-0.05, 0) is 17.9 Å². The SMILES string of the molecule is CCCCCCCCOc1c2ccccc2cc[n+]1Cc1ccccc1.Fc1c(F)c(F)c([B-](c2c(F)c(F)c(F)c(F)c2F)(c2c(F)c(F)c(F)c(F)c2F)c2c(F)c(F)c(F)c(F)c2F)c(F)c1F. The number of rotatable bonds is 14. The smallest absolute Gasteiger partial charge is 0.376 e. The van der Waals surface area contributed by atoms with Crippen molar-refractivity contribution in [1.82, 2.24) is 0 Å². The standard InChI is InChI=1S/C24BF20.C24H30NO/c26-5-1(6(27)14(35)21(42)13(5)34)25(2-7(28)15(36)22(43)16(37)8(2)29,3-9(30)17(38)23(44)18(39)10(3)31)4-11(32)19(40)24(45)20(41)12(4)33;1-2-3-4-5-6-12-19-26-24-23-16-11-10-15-22(23)17-18-25(24)20-21-13-8-7-9-14-21/h;7-11,13-18H,2-6,12,19-20H2,1H3/q-1;+1. The molecule has 0 unspecified atom stereocenters. The van der Waals surface area contributed by atoms with Gasteiger partial charge >= 0.3 is 5.88 Å². The van der Waals surface area contributed by atoms with E-state index in [0.717, 1.165) is 25.5 Å². The van der Waals surface area contributed by atoms with Gasteiger partial charge in [-0.2, -0.15) is 4.57 Å². The molecule has 0 aliphatic rings. The predicted molar refractivity (Wildman–Crippen MR) is 218 cm³/mol. The summed E-state index contributed by atoms with van der Waals surface area (Å²) in [6.07, 6.45) is 2.61. The molecule has 0 bridgehead atoms. The van der Waals surface area contributed by atoms with Crippen molar-refractivity contribution in [2.75, 3.05) is 6.61 Å². The minimum atomic E-state index is -7.22. The lowest BCUT2D eigenvalue weighted by Crippen LogP contribution is -2.81. The maximum Gasteiger partial charge on any atom is 0.376 e. The van der Waals surface area contributed by atoms with Crippen molar-refractivity contribution in [3.63, 3.8) is 0 Å². The first-order valence-corrected chi connectivity index (χ1v) is 20.9. The Morgan fingerprint density at radius 1 is 0.366 bits per heavy atom. The molecule has 7 aromatic rings. The summed E-state index contributed by atoms with van der Waals surface area (Å²) in [4.78, 5) is 0. The molecule has 0 radical (unpaired) electrons. The average molecular weight is 1030 g/mol. The number of benzene rings is 6. The molecule has 0 aliphatic carbocycles. The van der Waals surface area contributed by atoms with Gasteiger partial charge in [0.15, 0.2) is 82.5 Å². The Kier molecular flexibility index (Phi) is 16.3. The van der Waals surface area contributed by atoms with Crippen molar-refractivity contribution in [2.24, 2.45) is 0 Å². The lowest BCUT2D eigenvalue weighted by Gasteiger charge is -2.44. The van der Waals surface area contributed by atoms with Crippen molar-refractivity contribution in [3.8, 4) is 5.88 Å². The van der Waals surface area contributed by atoms with E-state index in [2.05, 4.69) is 78.4 Å². The Bertz CT molecular complexity index is 2770. The number of aromatic nitrogens is 1. The Morgan fingerprint density at radius 3 is 1.07 bits per heavy atom. The summed E-state index contributed by atoms with van der Waals surface area (Å²) in [6.45, 7) is 3.88. The molecule has 0 amide bonds. The molecule has 71 heavy (non-hydrogen) atoms. The fourth-order valence-electron chi connectivity index (χ4n) is 8.22. The minimum Gasteiger partial charge on any atom is -0.444 e. The molecular weight excluding hydrogens is 997 g/mol. The molecule has 0 spiro atoms. The number of fused-ring (bicyclic) bond motifs is 1. The van der Waals surface area contributed by atoms with E-state index in [1.165, 1.54) is 48.4 Å². The van der Waals surface area contributed by atoms with Crippen LogP contribution >= 0.6 is 0 Å². The van der Waals surface area contributed by atoms with Crippen LogP contribution in [-0.4, -0.2) is 12.8 Å². The Balaban J connectivity index is 0.000000268. The van der Waals surface area contributed by atoms with Crippen LogP contribution in [0.3, 0.4) is 0 Å². The van der Waals surface area contributed by atoms with Crippen molar-refractivity contribution < 1.29 is 97.1 Å². The summed E-state index contributed by atoms with van der Waals surface area (Å²) < 4.78 is 302. The quantitative estimate of drug-likeness (QED) is 0.0264. The fraction of sp³-hybridized carbons (Fsp3) is 0.188. The van der Waals surface area contributed by atoms with Gasteiger partial charge in [-0.15, -0.1) is 21.9 Å². The summed E-state index contributed by atoms with van der Waals surface area (Å²) in [6, 6.07) is 21.2. The second-order valence-corrected chi connectivity index (χ2v) is 15.7. The molecular formula is C48H30BF20NO. The van der Waals surface area contributed by atoms with E-state index in [0.29, 0.717) is 0 Å². The van der Waals surface area contributed by atoms with Gasteiger partial charge in [0.05, 0.1) is 12.0 Å². The molecule has 0 saturated heterocycles. The zero-order chi connectivity index (χ0) is 52.4. The second kappa shape index (κ2) is 21.7. The summed E-state index contributed by atoms with van der Waals surface area (Å²) in [5.74, 6) is -70.4. The van der Waals surface area contributed by atoms with Crippen LogP contribution in [0.5, 0.6) is 5.88 Å². The Hall–Kier alpha value is -6.81. The van der Waals surface area contributed by atoms with E-state index in [1.54, 1.807) is 0 Å². The number of unbranched alkanes of at least 4 members (excludes halogenated alkanes) is 5. The lowest BCUT2D eigenvalue weighted by molar-refractivity contribution is -0.692. The van der Waals surface area contributed by atoms with Crippen molar-refractivity contribution in [1.29, 1.82) is 0 Å². The summed E-state index contributed by atoms with van der Waals surface area (Å²) >= 11 is 0. The highest BCUT2D eigenvalue weighted by Crippen LogP contribution is 2.31. The van der Waals surface area contributed by atoms with E-state index in [4.69, 9.17) is 4.74 Å². The van der Waals surface area contributed by atoms with Gasteiger partial charge in [-0.25, -0.2) is 87.8 Å². The monoisotopic (exact) mass is 1030 g/mol. The first-order chi connectivity index (χ1) is 33.6. The van der Waals surface area contributed by atoms with Gasteiger partial charge in [-0.3, -0.25) is 0 Å². The van der Waals surface area contributed by atoms with Crippen LogP contribution in [0.2, 0.25) is 0 Å². The molecule has 1 heterocycles. The summed E-state index contributed by atoms with van der Waals surface area (Å²) in [5.41, 5.74) is -13.0. The zero-order valence-corrected chi connectivity index (χ0v) is 36.0. The maximum absolute atomic E-state index is 15.4. The number of hydrogen-bond donors (Lipinski definition) is 0. The van der Waals surface area contributed by atoms with Gasteiger partial charge in [0.25, 0.3) is 0 Å². The second-order valence-electron chi connectivity index (χ2n) is 15.7. The van der Waals surface area contributed by atoms with E-state index in [9.17, 15) is 52.7 Å². The van der Waals surface area contributed by atoms with Gasteiger partial charge in [-0.1, -0.05) is 87.6 Å². The highest BCUT2D eigenvalue weighted by Gasteiger charge is 2.52. The number of nitrogens with zero attached hydrogens (tertiary/aromatic N) is 1. The van der Waals surface area contributed by atoms with Crippen LogP contribution in [0, 0.1) is 116 Å². The molecule has 6 aromatic carbocycles. The predicted octanol–water partition coefficient (Wildman–Crippen LogP) is 11.8. The molecule has 0 saturated carbocycles. The molecule has 23 heteroatoms. The highest BCUT2D eigenvalue weighted by molar-refractivity contribution is 7.20. The van der Waals surface area contributed by atoms with Crippen molar-refractivity contribution >= 4 is 38.8 Å². The van der Waals surface area contributed by atoms with Gasteiger partial charge in [0.2, 0.25) is 0 Å². The molecule has 2 nitrogen and oxygen atoms in total. The van der Waals surface area contributed by atoms with Gasteiger partial charge in [0.1, 0.15) is 52.7 Å². The Labute approximate surface area is 388 Å². The molecule has 1 aromatic heterocycles. The molecule has 0 aliphatic heterocycles. The first-order valence-electron chi connectivity index (χ1n) is 20.9. The largest absolute Gasteiger partial charge is 0.444 e. The molecule has 7 rings (SSSR count). The third-order valence-corrected chi connectivity index (χ3v) is 11.5. The Morgan fingerprint density at radius 2 is 0.690 bits per heavy atom. The van der Waals surface area contributed by atoms with E-state index in [1.807, 2.05) is 0 Å². The van der Waals surface area contributed by atoms with Crippen LogP contribution in [0.15, 0.2) is 66.9 Å². The number of hydrogen-bond acceptors (Lipinski definition) is 1. The van der Waals surface area contributed by atoms with Crippen LogP contribution < -0.4 is 31.2 Å². The fourth-order valence-corrected chi connectivity index (χ4v) is 8.22. The number of halogens is 20. The number of ether oxygens (including phenoxy) is 1. The zero-order valence-electron chi connectivity index (χ0n) is 36.0. The molecule has 0 N–H and O–H groups in total. The first kappa shape index (κ1) is 53.5. The van der Waals surface area contributed by atoms with Gasteiger partial charge in [0, 0.05) is 11.6 Å². The maximum atomic E-state index is 15.4. The third kappa shape index (κ3) is 9.46. The average Bonchev–Trinajstić information content (AvgIpc) is 3.36. The minimum absolute atomic E-state index is 0.787. The number of pyridine rings is 1. The van der Waals surface area contributed by atoms with Crippen molar-refractivity contribution in [3.05, 3.63) is 189 Å². The van der Waals surface area contributed by atoms with E-state index < -0.39 is 144 Å². The van der Waals surface area contributed by atoms with Crippen LogP contribution in [0.1, 0.15) is 51.0 Å². The lowest BCUT2D eigenvalue weighted by atomic mass is 9.12. The third-order valence-electron chi connectivity index (χ3n) is 11.5. The summed E-state index contributed by atoms with van der Waals surface area (Å²) in [5, 5.41) is 2.42. The normalized spacial score (nSPS) is 11.6. The molecule has 0 fully saturated rings. The van der Waals surface area contributed by atoms with Crippen molar-refractivity contribution in [2.45, 2.75) is 52.0 Å². The van der Waals surface area contributed by atoms with E-state index in [-0.39, 0.29) is 0 Å². The van der Waals surface area contributed by atoms with Crippen LogP contribution in [0.25, 0.3) is 10.8 Å². The van der Waals surface area contributed by atoms with Crippen LogP contribution in [0.4, 0.5) is 87.8 Å². The van der Waals surface area contributed by atoms with E-state index >= 15 is 35.1 Å².